The SMILES string of the molecule is CCOC1(c2ncc(C(C)Cl)c(C)n2)CCCC1. The van der Waals surface area contributed by atoms with Gasteiger partial charge in [0.05, 0.1) is 5.38 Å². The topological polar surface area (TPSA) is 35.0 Å². The van der Waals surface area contributed by atoms with Crippen LogP contribution < -0.4 is 0 Å². The van der Waals surface area contributed by atoms with Crippen molar-refractivity contribution in [3.63, 3.8) is 0 Å². The number of alkyl halides is 1. The first-order chi connectivity index (χ1) is 8.59. The second-order valence-electron chi connectivity index (χ2n) is 4.98. The van der Waals surface area contributed by atoms with Gasteiger partial charge in [0.15, 0.2) is 5.82 Å². The maximum atomic E-state index is 6.11. The predicted molar refractivity (Wildman–Crippen MR) is 72.8 cm³/mol. The third kappa shape index (κ3) is 2.52. The number of hydrogen-bond acceptors (Lipinski definition) is 3. The van der Waals surface area contributed by atoms with E-state index in [4.69, 9.17) is 16.3 Å². The molecule has 4 heteroatoms. The van der Waals surface area contributed by atoms with Crippen LogP contribution in [0.1, 0.15) is 62.0 Å². The van der Waals surface area contributed by atoms with Crippen molar-refractivity contribution in [2.24, 2.45) is 0 Å². The van der Waals surface area contributed by atoms with E-state index in [1.54, 1.807) is 0 Å². The fourth-order valence-corrected chi connectivity index (χ4v) is 2.96. The molecule has 0 N–H and O–H groups in total. The van der Waals surface area contributed by atoms with E-state index < -0.39 is 0 Å². The van der Waals surface area contributed by atoms with E-state index in [1.165, 1.54) is 12.8 Å². The van der Waals surface area contributed by atoms with Gasteiger partial charge in [-0.3, -0.25) is 0 Å². The quantitative estimate of drug-likeness (QED) is 0.777. The van der Waals surface area contributed by atoms with Crippen molar-refractivity contribution in [1.82, 2.24) is 9.97 Å². The van der Waals surface area contributed by atoms with Crippen LogP contribution in [0.25, 0.3) is 0 Å². The molecule has 0 spiro atoms. The lowest BCUT2D eigenvalue weighted by molar-refractivity contribution is -0.0458. The summed E-state index contributed by atoms with van der Waals surface area (Å²) in [6, 6.07) is 0. The zero-order valence-electron chi connectivity index (χ0n) is 11.4. The third-order valence-electron chi connectivity index (χ3n) is 3.69. The molecule has 1 unspecified atom stereocenters. The smallest absolute Gasteiger partial charge is 0.160 e. The highest BCUT2D eigenvalue weighted by atomic mass is 35.5. The highest BCUT2D eigenvalue weighted by molar-refractivity contribution is 6.20. The van der Waals surface area contributed by atoms with Crippen LogP contribution in [0, 0.1) is 6.92 Å². The first-order valence-corrected chi connectivity index (χ1v) is 7.15. The molecule has 1 aromatic rings. The second kappa shape index (κ2) is 5.54. The Labute approximate surface area is 114 Å². The van der Waals surface area contributed by atoms with Crippen molar-refractivity contribution in [3.8, 4) is 0 Å². The molecular formula is C14H21ClN2O. The summed E-state index contributed by atoms with van der Waals surface area (Å²) in [4.78, 5) is 9.16. The summed E-state index contributed by atoms with van der Waals surface area (Å²) in [6.07, 6.45) is 6.28. The fourth-order valence-electron chi connectivity index (χ4n) is 2.74. The summed E-state index contributed by atoms with van der Waals surface area (Å²) in [5.74, 6) is 0.834. The van der Waals surface area contributed by atoms with Crippen molar-refractivity contribution in [2.75, 3.05) is 6.61 Å². The van der Waals surface area contributed by atoms with Crippen LogP contribution in [0.3, 0.4) is 0 Å². The number of nitrogens with zero attached hydrogens (tertiary/aromatic N) is 2. The molecule has 18 heavy (non-hydrogen) atoms. The molecule has 1 atom stereocenters. The van der Waals surface area contributed by atoms with Gasteiger partial charge in [-0.2, -0.15) is 0 Å². The molecule has 1 aliphatic rings. The standard InChI is InChI=1S/C14H21ClN2O/c1-4-18-14(7-5-6-8-14)13-16-9-12(10(2)15)11(3)17-13/h9-10H,4-8H2,1-3H3. The number of aromatic nitrogens is 2. The van der Waals surface area contributed by atoms with Crippen LogP contribution in [0.4, 0.5) is 0 Å². The van der Waals surface area contributed by atoms with Crippen molar-refractivity contribution < 1.29 is 4.74 Å². The first kappa shape index (κ1) is 13.8. The van der Waals surface area contributed by atoms with Gasteiger partial charge in [-0.25, -0.2) is 9.97 Å². The monoisotopic (exact) mass is 268 g/mol. The van der Waals surface area contributed by atoms with E-state index in [-0.39, 0.29) is 11.0 Å². The molecule has 0 aliphatic heterocycles. The lowest BCUT2D eigenvalue weighted by Gasteiger charge is -2.27. The van der Waals surface area contributed by atoms with Gasteiger partial charge in [0.2, 0.25) is 0 Å². The highest BCUT2D eigenvalue weighted by Gasteiger charge is 2.39. The van der Waals surface area contributed by atoms with Crippen molar-refractivity contribution in [2.45, 2.75) is 57.4 Å². The fraction of sp³-hybridized carbons (Fsp3) is 0.714. The molecule has 1 fully saturated rings. The number of hydrogen-bond donors (Lipinski definition) is 0. The zero-order chi connectivity index (χ0) is 13.2. The van der Waals surface area contributed by atoms with Gasteiger partial charge in [-0.15, -0.1) is 11.6 Å². The van der Waals surface area contributed by atoms with E-state index in [9.17, 15) is 0 Å². The van der Waals surface area contributed by atoms with E-state index in [0.717, 1.165) is 29.9 Å². The molecule has 1 heterocycles. The zero-order valence-corrected chi connectivity index (χ0v) is 12.1. The van der Waals surface area contributed by atoms with Gasteiger partial charge in [0.25, 0.3) is 0 Å². The average Bonchev–Trinajstić information content (AvgIpc) is 2.78. The van der Waals surface area contributed by atoms with Gasteiger partial charge < -0.3 is 4.74 Å². The van der Waals surface area contributed by atoms with Crippen molar-refractivity contribution >= 4 is 11.6 Å². The van der Waals surface area contributed by atoms with Crippen molar-refractivity contribution in [3.05, 3.63) is 23.3 Å². The Morgan fingerprint density at radius 2 is 2.11 bits per heavy atom. The Hall–Kier alpha value is -0.670. The summed E-state index contributed by atoms with van der Waals surface area (Å²) in [6.45, 7) is 6.67. The normalized spacial score (nSPS) is 20.0. The minimum Gasteiger partial charge on any atom is -0.367 e. The van der Waals surface area contributed by atoms with Gasteiger partial charge in [0, 0.05) is 24.1 Å². The van der Waals surface area contributed by atoms with Crippen molar-refractivity contribution in [1.29, 1.82) is 0 Å². The van der Waals surface area contributed by atoms with Gasteiger partial charge in [-0.1, -0.05) is 0 Å². The van der Waals surface area contributed by atoms with E-state index in [0.29, 0.717) is 6.61 Å². The molecule has 1 aliphatic carbocycles. The summed E-state index contributed by atoms with van der Waals surface area (Å²) >= 11 is 6.11. The molecule has 0 amide bonds. The molecule has 1 aromatic heterocycles. The lowest BCUT2D eigenvalue weighted by atomic mass is 10.0. The molecule has 100 valence electrons. The first-order valence-electron chi connectivity index (χ1n) is 6.71. The molecule has 2 rings (SSSR count). The molecule has 0 radical (unpaired) electrons. The Balaban J connectivity index is 2.34. The Kier molecular flexibility index (Phi) is 4.23. The average molecular weight is 269 g/mol. The van der Waals surface area contributed by atoms with E-state index in [2.05, 4.69) is 9.97 Å². The minimum absolute atomic E-state index is 0.0503. The molecular weight excluding hydrogens is 248 g/mol. The number of aryl methyl sites for hydroxylation is 1. The van der Waals surface area contributed by atoms with Crippen LogP contribution in [-0.4, -0.2) is 16.6 Å². The summed E-state index contributed by atoms with van der Waals surface area (Å²) in [5, 5.41) is -0.0503. The van der Waals surface area contributed by atoms with Crippen LogP contribution >= 0.6 is 11.6 Å². The molecule has 1 saturated carbocycles. The van der Waals surface area contributed by atoms with Crippen LogP contribution in [0.5, 0.6) is 0 Å². The van der Waals surface area contributed by atoms with Crippen LogP contribution in [-0.2, 0) is 10.3 Å². The maximum Gasteiger partial charge on any atom is 0.160 e. The Bertz CT molecular complexity index is 414. The number of halogens is 1. The summed E-state index contributed by atoms with van der Waals surface area (Å²) < 4.78 is 5.97. The van der Waals surface area contributed by atoms with Gasteiger partial charge >= 0.3 is 0 Å². The van der Waals surface area contributed by atoms with Crippen LogP contribution in [0.2, 0.25) is 0 Å². The third-order valence-corrected chi connectivity index (χ3v) is 3.92. The van der Waals surface area contributed by atoms with Crippen LogP contribution in [0.15, 0.2) is 6.20 Å². The minimum atomic E-state index is -0.256. The largest absolute Gasteiger partial charge is 0.367 e. The Morgan fingerprint density at radius 1 is 1.44 bits per heavy atom. The number of ether oxygens (including phenoxy) is 1. The van der Waals surface area contributed by atoms with E-state index >= 15 is 0 Å². The molecule has 0 aromatic carbocycles. The predicted octanol–water partition coefficient (Wildman–Crippen LogP) is 3.89. The highest BCUT2D eigenvalue weighted by Crippen LogP contribution is 2.40. The number of rotatable bonds is 4. The summed E-state index contributed by atoms with van der Waals surface area (Å²) in [7, 11) is 0. The maximum absolute atomic E-state index is 6.11. The molecule has 3 nitrogen and oxygen atoms in total. The lowest BCUT2D eigenvalue weighted by Crippen LogP contribution is -2.29. The Morgan fingerprint density at radius 3 is 2.61 bits per heavy atom. The molecule has 0 saturated heterocycles. The van der Waals surface area contributed by atoms with Gasteiger partial charge in [0.1, 0.15) is 5.60 Å². The summed E-state index contributed by atoms with van der Waals surface area (Å²) in [5.41, 5.74) is 1.71. The van der Waals surface area contributed by atoms with Gasteiger partial charge in [-0.05, 0) is 46.5 Å². The second-order valence-corrected chi connectivity index (χ2v) is 5.64. The van der Waals surface area contributed by atoms with E-state index in [1.807, 2.05) is 27.0 Å². The molecule has 0 bridgehead atoms.